The quantitative estimate of drug-likeness (QED) is 0.740. The zero-order valence-corrected chi connectivity index (χ0v) is 8.03. The summed E-state index contributed by atoms with van der Waals surface area (Å²) >= 11 is 0. The first-order valence-corrected chi connectivity index (χ1v) is 4.99. The molecule has 1 N–H and O–H groups in total. The molecule has 0 aromatic carbocycles. The molecule has 2 heterocycles. The Bertz CT molecular complexity index is 258. The molecule has 1 fully saturated rings. The zero-order valence-electron chi connectivity index (χ0n) is 8.03. The zero-order chi connectivity index (χ0) is 9.10. The van der Waals surface area contributed by atoms with Crippen LogP contribution in [0.3, 0.4) is 0 Å². The lowest BCUT2D eigenvalue weighted by Crippen LogP contribution is -2.28. The van der Waals surface area contributed by atoms with Crippen LogP contribution in [-0.4, -0.2) is 17.6 Å². The van der Waals surface area contributed by atoms with Gasteiger partial charge >= 0.3 is 0 Å². The SMILES string of the molecule is C[C@@H]1CCN[C@@H]1Cc1ccccn1. The second-order valence-electron chi connectivity index (χ2n) is 3.85. The van der Waals surface area contributed by atoms with E-state index in [2.05, 4.69) is 29.4 Å². The van der Waals surface area contributed by atoms with E-state index < -0.39 is 0 Å². The molecule has 0 unspecified atom stereocenters. The maximum absolute atomic E-state index is 4.34. The van der Waals surface area contributed by atoms with E-state index in [0.29, 0.717) is 6.04 Å². The summed E-state index contributed by atoms with van der Waals surface area (Å²) in [6.45, 7) is 3.48. The van der Waals surface area contributed by atoms with Crippen LogP contribution in [0.5, 0.6) is 0 Å². The molecule has 0 bridgehead atoms. The molecule has 1 aromatic heterocycles. The molecule has 2 atom stereocenters. The third kappa shape index (κ3) is 2.07. The number of hydrogen-bond donors (Lipinski definition) is 1. The lowest BCUT2D eigenvalue weighted by molar-refractivity contribution is 0.476. The molecule has 70 valence electrons. The van der Waals surface area contributed by atoms with Crippen LogP contribution >= 0.6 is 0 Å². The first-order chi connectivity index (χ1) is 6.36. The van der Waals surface area contributed by atoms with Crippen molar-refractivity contribution in [2.75, 3.05) is 6.54 Å². The number of hydrogen-bond acceptors (Lipinski definition) is 2. The fourth-order valence-electron chi connectivity index (χ4n) is 1.92. The molecule has 1 aromatic rings. The van der Waals surface area contributed by atoms with Crippen molar-refractivity contribution in [1.82, 2.24) is 10.3 Å². The van der Waals surface area contributed by atoms with E-state index in [1.165, 1.54) is 18.7 Å². The van der Waals surface area contributed by atoms with Gasteiger partial charge in [0.1, 0.15) is 0 Å². The Hall–Kier alpha value is -0.890. The molecule has 1 saturated heterocycles. The molecule has 0 saturated carbocycles. The summed E-state index contributed by atoms with van der Waals surface area (Å²) in [7, 11) is 0. The Morgan fingerprint density at radius 3 is 3.08 bits per heavy atom. The van der Waals surface area contributed by atoms with Gasteiger partial charge in [-0.05, 0) is 31.0 Å². The standard InChI is InChI=1S/C11H16N2/c1-9-5-7-13-11(9)8-10-4-2-3-6-12-10/h2-4,6,9,11,13H,5,7-8H2,1H3/t9-,11-/m1/s1. The molecule has 2 heteroatoms. The van der Waals surface area contributed by atoms with Crippen LogP contribution in [0.25, 0.3) is 0 Å². The number of nitrogens with zero attached hydrogens (tertiary/aromatic N) is 1. The van der Waals surface area contributed by atoms with Crippen molar-refractivity contribution in [3.05, 3.63) is 30.1 Å². The topological polar surface area (TPSA) is 24.9 Å². The summed E-state index contributed by atoms with van der Waals surface area (Å²) in [5.41, 5.74) is 1.20. The monoisotopic (exact) mass is 176 g/mol. The van der Waals surface area contributed by atoms with Crippen LogP contribution < -0.4 is 5.32 Å². The molecule has 0 aliphatic carbocycles. The molecular formula is C11H16N2. The number of nitrogens with one attached hydrogen (secondary N) is 1. The van der Waals surface area contributed by atoms with Crippen LogP contribution in [0.1, 0.15) is 19.0 Å². The maximum Gasteiger partial charge on any atom is 0.0419 e. The van der Waals surface area contributed by atoms with Gasteiger partial charge in [0.25, 0.3) is 0 Å². The van der Waals surface area contributed by atoms with E-state index in [0.717, 1.165) is 12.3 Å². The fraction of sp³-hybridized carbons (Fsp3) is 0.545. The highest BCUT2D eigenvalue weighted by molar-refractivity contribution is 5.06. The van der Waals surface area contributed by atoms with E-state index in [4.69, 9.17) is 0 Å². The molecule has 0 spiro atoms. The third-order valence-corrected chi connectivity index (χ3v) is 2.85. The van der Waals surface area contributed by atoms with E-state index in [1.54, 1.807) is 0 Å². The van der Waals surface area contributed by atoms with Crippen molar-refractivity contribution in [3.8, 4) is 0 Å². The second-order valence-corrected chi connectivity index (χ2v) is 3.85. The maximum atomic E-state index is 4.34. The molecule has 1 aliphatic rings. The molecule has 1 aliphatic heterocycles. The third-order valence-electron chi connectivity index (χ3n) is 2.85. The average Bonchev–Trinajstić information content (AvgIpc) is 2.54. The highest BCUT2D eigenvalue weighted by Crippen LogP contribution is 2.17. The van der Waals surface area contributed by atoms with Crippen LogP contribution in [0.15, 0.2) is 24.4 Å². The van der Waals surface area contributed by atoms with Gasteiger partial charge in [-0.1, -0.05) is 13.0 Å². The average molecular weight is 176 g/mol. The van der Waals surface area contributed by atoms with Crippen LogP contribution in [0.4, 0.5) is 0 Å². The van der Waals surface area contributed by atoms with E-state index in [-0.39, 0.29) is 0 Å². The first kappa shape index (κ1) is 8.70. The van der Waals surface area contributed by atoms with Gasteiger partial charge in [0.05, 0.1) is 0 Å². The lowest BCUT2D eigenvalue weighted by Gasteiger charge is -2.14. The minimum atomic E-state index is 0.634. The van der Waals surface area contributed by atoms with Gasteiger partial charge in [-0.3, -0.25) is 4.98 Å². The van der Waals surface area contributed by atoms with E-state index >= 15 is 0 Å². The molecule has 2 rings (SSSR count). The van der Waals surface area contributed by atoms with E-state index in [9.17, 15) is 0 Å². The van der Waals surface area contributed by atoms with Crippen molar-refractivity contribution in [1.29, 1.82) is 0 Å². The smallest absolute Gasteiger partial charge is 0.0419 e. The Morgan fingerprint density at radius 1 is 1.54 bits per heavy atom. The minimum absolute atomic E-state index is 0.634. The minimum Gasteiger partial charge on any atom is -0.313 e. The van der Waals surface area contributed by atoms with Crippen molar-refractivity contribution < 1.29 is 0 Å². The van der Waals surface area contributed by atoms with Crippen molar-refractivity contribution >= 4 is 0 Å². The molecule has 0 radical (unpaired) electrons. The van der Waals surface area contributed by atoms with Crippen molar-refractivity contribution in [2.24, 2.45) is 5.92 Å². The van der Waals surface area contributed by atoms with Gasteiger partial charge in [-0.25, -0.2) is 0 Å². The van der Waals surface area contributed by atoms with Crippen LogP contribution in [0, 0.1) is 5.92 Å². The largest absolute Gasteiger partial charge is 0.313 e. The predicted molar refractivity (Wildman–Crippen MR) is 53.5 cm³/mol. The lowest BCUT2D eigenvalue weighted by atomic mass is 9.99. The fourth-order valence-corrected chi connectivity index (χ4v) is 1.92. The van der Waals surface area contributed by atoms with Crippen LogP contribution in [-0.2, 0) is 6.42 Å². The Labute approximate surface area is 79.4 Å². The number of rotatable bonds is 2. The predicted octanol–water partition coefficient (Wildman–Crippen LogP) is 1.62. The summed E-state index contributed by atoms with van der Waals surface area (Å²) < 4.78 is 0. The summed E-state index contributed by atoms with van der Waals surface area (Å²) in [5, 5.41) is 3.51. The summed E-state index contributed by atoms with van der Waals surface area (Å²) in [6, 6.07) is 6.76. The highest BCUT2D eigenvalue weighted by atomic mass is 14.9. The highest BCUT2D eigenvalue weighted by Gasteiger charge is 2.22. The number of aromatic nitrogens is 1. The van der Waals surface area contributed by atoms with Gasteiger partial charge in [-0.15, -0.1) is 0 Å². The normalized spacial score (nSPS) is 27.8. The summed E-state index contributed by atoms with van der Waals surface area (Å²) in [6.07, 6.45) is 4.24. The number of pyridine rings is 1. The van der Waals surface area contributed by atoms with Gasteiger partial charge in [-0.2, -0.15) is 0 Å². The molecule has 13 heavy (non-hydrogen) atoms. The van der Waals surface area contributed by atoms with Crippen LogP contribution in [0.2, 0.25) is 0 Å². The van der Waals surface area contributed by atoms with Gasteiger partial charge in [0, 0.05) is 24.4 Å². The Kier molecular flexibility index (Phi) is 2.60. The Balaban J connectivity index is 1.98. The summed E-state index contributed by atoms with van der Waals surface area (Å²) in [5.74, 6) is 0.794. The first-order valence-electron chi connectivity index (χ1n) is 4.99. The van der Waals surface area contributed by atoms with Crippen molar-refractivity contribution in [3.63, 3.8) is 0 Å². The van der Waals surface area contributed by atoms with Crippen molar-refractivity contribution in [2.45, 2.75) is 25.8 Å². The molecular weight excluding hydrogens is 160 g/mol. The Morgan fingerprint density at radius 2 is 2.46 bits per heavy atom. The van der Waals surface area contributed by atoms with Gasteiger partial charge in [0.15, 0.2) is 0 Å². The van der Waals surface area contributed by atoms with Gasteiger partial charge in [0.2, 0.25) is 0 Å². The molecule has 2 nitrogen and oxygen atoms in total. The van der Waals surface area contributed by atoms with E-state index in [1.807, 2.05) is 12.3 Å². The molecule has 0 amide bonds. The van der Waals surface area contributed by atoms with Gasteiger partial charge < -0.3 is 5.32 Å². The second kappa shape index (κ2) is 3.88. The summed E-state index contributed by atoms with van der Waals surface area (Å²) in [4.78, 5) is 4.34.